The van der Waals surface area contributed by atoms with E-state index in [1.54, 1.807) is 24.3 Å². The second kappa shape index (κ2) is 16.7. The highest BCUT2D eigenvalue weighted by atomic mass is 16.3. The third-order valence-electron chi connectivity index (χ3n) is 10.3. The van der Waals surface area contributed by atoms with Crippen molar-refractivity contribution in [3.8, 4) is 11.5 Å². The Kier molecular flexibility index (Phi) is 11.7. The van der Waals surface area contributed by atoms with Crippen LogP contribution in [-0.4, -0.2) is 77.1 Å². The molecule has 0 aromatic heterocycles. The minimum atomic E-state index is -0.287. The maximum absolute atomic E-state index is 14.9. The molecule has 7 heteroatoms. The first kappa shape index (κ1) is 33.6. The van der Waals surface area contributed by atoms with Gasteiger partial charge in [-0.3, -0.25) is 14.6 Å². The van der Waals surface area contributed by atoms with E-state index in [9.17, 15) is 15.0 Å². The Morgan fingerprint density at radius 2 is 0.917 bits per heavy atom. The van der Waals surface area contributed by atoms with Crippen molar-refractivity contribution >= 4 is 17.2 Å². The van der Waals surface area contributed by atoms with Crippen molar-refractivity contribution in [2.45, 2.75) is 50.6 Å². The van der Waals surface area contributed by atoms with Gasteiger partial charge in [-0.25, -0.2) is 0 Å². The molecule has 252 valence electrons. The van der Waals surface area contributed by atoms with Gasteiger partial charge in [-0.1, -0.05) is 60.7 Å². The van der Waals surface area contributed by atoms with Gasteiger partial charge in [0, 0.05) is 24.5 Å². The van der Waals surface area contributed by atoms with E-state index in [0.717, 1.165) is 76.1 Å². The highest BCUT2D eigenvalue weighted by Gasteiger charge is 2.37. The second-order valence-corrected chi connectivity index (χ2v) is 13.6. The quantitative estimate of drug-likeness (QED) is 0.112. The molecule has 7 nitrogen and oxygen atoms in total. The summed E-state index contributed by atoms with van der Waals surface area (Å²) in [7, 11) is 0. The molecule has 2 heterocycles. The standard InChI is InChI=1S/C41H50N4O3/c46-37-15-11-35(12-16-37)42-29-39(44-23-19-33(20-24-44)27-31-7-3-1-4-8-31)41(48)40(30-43-36-13-17-38(47)18-14-36)45-25-21-34(22-26-45)28-32-9-5-2-6-10-32/h1-18,33-34,39-40,42-43,46-47H,19-30H2. The molecule has 2 saturated heterocycles. The Morgan fingerprint density at radius 3 is 1.27 bits per heavy atom. The number of hydrogen-bond acceptors (Lipinski definition) is 7. The maximum atomic E-state index is 14.9. The lowest BCUT2D eigenvalue weighted by molar-refractivity contribution is -0.130. The lowest BCUT2D eigenvalue weighted by Crippen LogP contribution is -2.58. The number of phenols is 2. The number of Topliss-reactive ketones (excluding diaryl/α,β-unsaturated/α-hetero) is 1. The first-order valence-corrected chi connectivity index (χ1v) is 17.7. The molecule has 4 aromatic rings. The minimum Gasteiger partial charge on any atom is -0.508 e. The summed E-state index contributed by atoms with van der Waals surface area (Å²) in [5.41, 5.74) is 4.55. The number of benzene rings is 4. The van der Waals surface area contributed by atoms with Gasteiger partial charge < -0.3 is 20.8 Å². The number of anilines is 2. The molecular weight excluding hydrogens is 596 g/mol. The Morgan fingerprint density at radius 1 is 0.562 bits per heavy atom. The number of hydrogen-bond donors (Lipinski definition) is 4. The molecule has 0 spiro atoms. The number of carbonyl (C=O) groups is 1. The van der Waals surface area contributed by atoms with Crippen molar-refractivity contribution in [3.63, 3.8) is 0 Å². The van der Waals surface area contributed by atoms with E-state index in [1.807, 2.05) is 24.3 Å². The summed E-state index contributed by atoms with van der Waals surface area (Å²) in [6.45, 7) is 4.58. The van der Waals surface area contributed by atoms with Gasteiger partial charge in [-0.2, -0.15) is 0 Å². The molecule has 0 radical (unpaired) electrons. The molecule has 2 unspecified atom stereocenters. The van der Waals surface area contributed by atoms with Gasteiger partial charge in [0.2, 0.25) is 0 Å². The highest BCUT2D eigenvalue weighted by molar-refractivity contribution is 5.90. The Balaban J connectivity index is 1.18. The van der Waals surface area contributed by atoms with E-state index in [1.165, 1.54) is 11.1 Å². The van der Waals surface area contributed by atoms with Crippen LogP contribution in [0.4, 0.5) is 11.4 Å². The highest BCUT2D eigenvalue weighted by Crippen LogP contribution is 2.27. The molecule has 6 rings (SSSR count). The molecule has 4 aromatic carbocycles. The van der Waals surface area contributed by atoms with E-state index < -0.39 is 0 Å². The van der Waals surface area contributed by atoms with E-state index in [-0.39, 0.29) is 29.4 Å². The zero-order valence-electron chi connectivity index (χ0n) is 27.9. The molecule has 0 bridgehead atoms. The van der Waals surface area contributed by atoms with E-state index >= 15 is 0 Å². The number of likely N-dealkylation sites (tertiary alicyclic amines) is 2. The summed E-state index contributed by atoms with van der Waals surface area (Å²) in [6.07, 6.45) is 6.43. The van der Waals surface area contributed by atoms with Gasteiger partial charge in [0.05, 0.1) is 12.1 Å². The fraction of sp³-hybridized carbons (Fsp3) is 0.390. The van der Waals surface area contributed by atoms with Crippen LogP contribution in [0.5, 0.6) is 11.5 Å². The van der Waals surface area contributed by atoms with Gasteiger partial charge in [-0.15, -0.1) is 0 Å². The van der Waals surface area contributed by atoms with Crippen molar-refractivity contribution < 1.29 is 15.0 Å². The molecule has 2 atom stereocenters. The summed E-state index contributed by atoms with van der Waals surface area (Å²) in [4.78, 5) is 19.7. The lowest BCUT2D eigenvalue weighted by Gasteiger charge is -2.42. The lowest BCUT2D eigenvalue weighted by atomic mass is 9.87. The van der Waals surface area contributed by atoms with Gasteiger partial charge in [0.1, 0.15) is 11.5 Å². The molecule has 4 N–H and O–H groups in total. The second-order valence-electron chi connectivity index (χ2n) is 13.6. The van der Waals surface area contributed by atoms with Crippen LogP contribution in [0.25, 0.3) is 0 Å². The molecule has 0 saturated carbocycles. The molecule has 0 aliphatic carbocycles. The zero-order chi connectivity index (χ0) is 33.1. The van der Waals surface area contributed by atoms with Gasteiger partial charge in [0.25, 0.3) is 0 Å². The number of nitrogens with one attached hydrogen (secondary N) is 2. The van der Waals surface area contributed by atoms with Crippen molar-refractivity contribution in [1.29, 1.82) is 0 Å². The summed E-state index contributed by atoms with van der Waals surface area (Å²) < 4.78 is 0. The number of rotatable bonds is 14. The summed E-state index contributed by atoms with van der Waals surface area (Å²) >= 11 is 0. The van der Waals surface area contributed by atoms with Gasteiger partial charge in [-0.05, 0) is 136 Å². The molecule has 2 aliphatic heterocycles. The normalized spacial score (nSPS) is 17.8. The van der Waals surface area contributed by atoms with Crippen LogP contribution in [-0.2, 0) is 17.6 Å². The summed E-state index contributed by atoms with van der Waals surface area (Å²) in [5.74, 6) is 1.92. The topological polar surface area (TPSA) is 88.1 Å². The summed E-state index contributed by atoms with van der Waals surface area (Å²) in [6, 6.07) is 35.1. The predicted molar refractivity (Wildman–Crippen MR) is 195 cm³/mol. The third-order valence-corrected chi connectivity index (χ3v) is 10.3. The average molecular weight is 647 g/mol. The van der Waals surface area contributed by atoms with Crippen LogP contribution in [0, 0.1) is 11.8 Å². The molecular formula is C41H50N4O3. The zero-order valence-corrected chi connectivity index (χ0v) is 27.9. The maximum Gasteiger partial charge on any atom is 0.170 e. The smallest absolute Gasteiger partial charge is 0.170 e. The number of piperidine rings is 2. The summed E-state index contributed by atoms with van der Waals surface area (Å²) in [5, 5.41) is 26.7. The Labute approximate surface area is 285 Å². The van der Waals surface area contributed by atoms with Crippen molar-refractivity contribution in [1.82, 2.24) is 9.80 Å². The number of carbonyl (C=O) groups excluding carboxylic acids is 1. The third kappa shape index (κ3) is 9.39. The van der Waals surface area contributed by atoms with Crippen LogP contribution in [0.15, 0.2) is 109 Å². The van der Waals surface area contributed by atoms with E-state index in [4.69, 9.17) is 0 Å². The average Bonchev–Trinajstić information content (AvgIpc) is 3.12. The minimum absolute atomic E-state index is 0.227. The van der Waals surface area contributed by atoms with Crippen LogP contribution in [0.1, 0.15) is 36.8 Å². The van der Waals surface area contributed by atoms with Crippen molar-refractivity contribution in [2.24, 2.45) is 11.8 Å². The van der Waals surface area contributed by atoms with Crippen LogP contribution < -0.4 is 10.6 Å². The van der Waals surface area contributed by atoms with Crippen LogP contribution >= 0.6 is 0 Å². The fourth-order valence-corrected chi connectivity index (χ4v) is 7.46. The molecule has 2 aliphatic rings. The Hall–Kier alpha value is -4.33. The molecule has 0 amide bonds. The van der Waals surface area contributed by atoms with Crippen molar-refractivity contribution in [2.75, 3.05) is 49.9 Å². The first-order valence-electron chi connectivity index (χ1n) is 17.7. The Bertz CT molecular complexity index is 1420. The monoisotopic (exact) mass is 646 g/mol. The van der Waals surface area contributed by atoms with E-state index in [0.29, 0.717) is 24.9 Å². The number of phenolic OH excluding ortho intramolecular Hbond substituents is 2. The SMILES string of the molecule is O=C(C(CNc1ccc(O)cc1)N1CCC(Cc2ccccc2)CC1)C(CNc1ccc(O)cc1)N1CCC(Cc2ccccc2)CC1. The van der Waals surface area contributed by atoms with Crippen LogP contribution in [0.2, 0.25) is 0 Å². The first-order chi connectivity index (χ1) is 23.5. The largest absolute Gasteiger partial charge is 0.508 e. The fourth-order valence-electron chi connectivity index (χ4n) is 7.46. The van der Waals surface area contributed by atoms with Gasteiger partial charge >= 0.3 is 0 Å². The van der Waals surface area contributed by atoms with Gasteiger partial charge in [0.15, 0.2) is 5.78 Å². The number of nitrogens with zero attached hydrogens (tertiary/aromatic N) is 2. The number of ketones is 1. The van der Waals surface area contributed by atoms with Crippen molar-refractivity contribution in [3.05, 3.63) is 120 Å². The predicted octanol–water partition coefficient (Wildman–Crippen LogP) is 6.84. The van der Waals surface area contributed by atoms with E-state index in [2.05, 4.69) is 81.1 Å². The molecule has 48 heavy (non-hydrogen) atoms. The molecule has 2 fully saturated rings. The number of aromatic hydroxyl groups is 2. The van der Waals surface area contributed by atoms with Crippen LogP contribution in [0.3, 0.4) is 0 Å².